The van der Waals surface area contributed by atoms with Gasteiger partial charge in [0.15, 0.2) is 17.2 Å². The van der Waals surface area contributed by atoms with Gasteiger partial charge >= 0.3 is 6.18 Å². The number of piperazine rings is 1. The third-order valence-corrected chi connectivity index (χ3v) is 11.9. The standard InChI is InChI=1S/C39H47F4N11O3.ClH/c40-26-20-27(44)22-52(21-26)36-33(35-45-13-1-14-53(35)49-36)38(57)46-31-23-54(48-34(31)39(41,42)43)29-6-2-24(3-7-29)12-15-50-16-18-51(19-17-50)28-8-4-25(5-9-28)30-10-11-32(55)47-37(30)56;/h1,4-5,8-9,13-14,23-24,26-27,29-30H,2-3,6-7,10-12,15-22,44H2,(H,46,57)(H,47,55,56);1H/t24?,26-,27-,29?,30?;/m1./s1. The molecule has 3 aromatic heterocycles. The molecule has 4 N–H and O–H groups in total. The van der Waals surface area contributed by atoms with E-state index in [0.717, 1.165) is 63.2 Å². The Morgan fingerprint density at radius 1 is 0.966 bits per heavy atom. The van der Waals surface area contributed by atoms with Gasteiger partial charge in [0.1, 0.15) is 11.7 Å². The smallest absolute Gasteiger partial charge is 0.369 e. The summed E-state index contributed by atoms with van der Waals surface area (Å²) in [6.07, 6.45) is 3.29. The van der Waals surface area contributed by atoms with E-state index in [-0.39, 0.29) is 72.7 Å². The first kappa shape index (κ1) is 41.4. The molecule has 8 rings (SSSR count). The molecule has 0 spiro atoms. The highest BCUT2D eigenvalue weighted by Gasteiger charge is 2.40. The molecule has 1 unspecified atom stereocenters. The van der Waals surface area contributed by atoms with Crippen molar-refractivity contribution in [1.82, 2.24) is 34.6 Å². The summed E-state index contributed by atoms with van der Waals surface area (Å²) in [5.74, 6) is -1.06. The number of imide groups is 1. The third-order valence-electron chi connectivity index (χ3n) is 11.9. The molecule has 4 fully saturated rings. The van der Waals surface area contributed by atoms with E-state index in [1.807, 2.05) is 24.3 Å². The van der Waals surface area contributed by atoms with Crippen molar-refractivity contribution in [2.75, 3.05) is 60.9 Å². The predicted octanol–water partition coefficient (Wildman–Crippen LogP) is 4.96. The Bertz CT molecular complexity index is 2090. The van der Waals surface area contributed by atoms with Crippen molar-refractivity contribution in [1.29, 1.82) is 0 Å². The molecule has 4 aliphatic rings. The molecule has 6 heterocycles. The molecule has 0 bridgehead atoms. The van der Waals surface area contributed by atoms with Gasteiger partial charge in [0.05, 0.1) is 24.2 Å². The molecule has 0 radical (unpaired) electrons. The zero-order chi connectivity index (χ0) is 39.8. The van der Waals surface area contributed by atoms with E-state index in [2.05, 4.69) is 35.6 Å². The van der Waals surface area contributed by atoms with Gasteiger partial charge < -0.3 is 20.9 Å². The predicted molar refractivity (Wildman–Crippen MR) is 211 cm³/mol. The number of aromatic nitrogens is 5. The lowest BCUT2D eigenvalue weighted by molar-refractivity contribution is -0.141. The van der Waals surface area contributed by atoms with Gasteiger partial charge in [-0.15, -0.1) is 17.5 Å². The number of rotatable bonds is 9. The molecule has 14 nitrogen and oxygen atoms in total. The number of piperidine rings is 2. The fourth-order valence-corrected chi connectivity index (χ4v) is 8.83. The lowest BCUT2D eigenvalue weighted by Gasteiger charge is -2.37. The van der Waals surface area contributed by atoms with Crippen molar-refractivity contribution in [3.63, 3.8) is 0 Å². The maximum Gasteiger partial charge on any atom is 0.437 e. The molecule has 4 aromatic rings. The third kappa shape index (κ3) is 8.93. The maximum atomic E-state index is 14.5. The van der Waals surface area contributed by atoms with Crippen molar-refractivity contribution in [3.05, 3.63) is 65.7 Å². The summed E-state index contributed by atoms with van der Waals surface area (Å²) in [4.78, 5) is 48.2. The topological polar surface area (TPSA) is 159 Å². The van der Waals surface area contributed by atoms with E-state index in [4.69, 9.17) is 5.73 Å². The van der Waals surface area contributed by atoms with Crippen LogP contribution in [0.3, 0.4) is 0 Å². The number of fused-ring (bicyclic) bond motifs is 1. The van der Waals surface area contributed by atoms with Gasteiger partial charge in [0.25, 0.3) is 5.91 Å². The molecule has 3 aliphatic heterocycles. The second-order valence-electron chi connectivity index (χ2n) is 15.8. The number of alkyl halides is 4. The Morgan fingerprint density at radius 3 is 2.40 bits per heavy atom. The van der Waals surface area contributed by atoms with Crippen LogP contribution in [0.2, 0.25) is 0 Å². The molecule has 3 atom stereocenters. The molecule has 1 aliphatic carbocycles. The number of nitrogens with one attached hydrogen (secondary N) is 2. The zero-order valence-corrected chi connectivity index (χ0v) is 32.7. The van der Waals surface area contributed by atoms with Gasteiger partial charge in [-0.2, -0.15) is 18.3 Å². The number of carbonyl (C=O) groups excluding carboxylic acids is 3. The highest BCUT2D eigenvalue weighted by molar-refractivity contribution is 6.12. The minimum Gasteiger partial charge on any atom is -0.369 e. The van der Waals surface area contributed by atoms with Crippen LogP contribution in [0.1, 0.15) is 84.9 Å². The molecule has 19 heteroatoms. The van der Waals surface area contributed by atoms with Crippen LogP contribution in [0, 0.1) is 5.92 Å². The Hall–Kier alpha value is -4.81. The van der Waals surface area contributed by atoms with Crippen LogP contribution in [0.4, 0.5) is 34.8 Å². The summed E-state index contributed by atoms with van der Waals surface area (Å²) in [5, 5.41) is 13.3. The first-order valence-electron chi connectivity index (χ1n) is 19.8. The van der Waals surface area contributed by atoms with Crippen LogP contribution in [0.25, 0.3) is 5.65 Å². The number of nitrogens with zero attached hydrogens (tertiary/aromatic N) is 8. The largest absolute Gasteiger partial charge is 0.437 e. The first-order valence-corrected chi connectivity index (χ1v) is 19.8. The van der Waals surface area contributed by atoms with E-state index >= 15 is 0 Å². The average molecular weight is 830 g/mol. The lowest BCUT2D eigenvalue weighted by atomic mass is 9.84. The van der Waals surface area contributed by atoms with Crippen LogP contribution < -0.4 is 26.2 Å². The molecular formula is C39H48ClF4N11O3. The second-order valence-corrected chi connectivity index (χ2v) is 15.8. The second kappa shape index (κ2) is 17.2. The Labute approximate surface area is 338 Å². The molecule has 3 amide bonds. The summed E-state index contributed by atoms with van der Waals surface area (Å²) in [5.41, 5.74) is 6.50. The van der Waals surface area contributed by atoms with Crippen LogP contribution in [0.5, 0.6) is 0 Å². The zero-order valence-electron chi connectivity index (χ0n) is 31.9. The van der Waals surface area contributed by atoms with Crippen LogP contribution in [0.15, 0.2) is 48.9 Å². The first-order chi connectivity index (χ1) is 27.4. The summed E-state index contributed by atoms with van der Waals surface area (Å²) < 4.78 is 60.3. The Balaban J connectivity index is 0.00000512. The highest BCUT2D eigenvalue weighted by atomic mass is 35.5. The Morgan fingerprint density at radius 2 is 1.71 bits per heavy atom. The molecule has 1 aromatic carbocycles. The molecule has 312 valence electrons. The number of hydrogen-bond acceptors (Lipinski definition) is 10. The normalized spacial score (nSPS) is 24.7. The maximum absolute atomic E-state index is 14.5. The highest BCUT2D eigenvalue weighted by Crippen LogP contribution is 2.39. The van der Waals surface area contributed by atoms with Crippen molar-refractivity contribution in [3.8, 4) is 0 Å². The average Bonchev–Trinajstić information content (AvgIpc) is 3.80. The van der Waals surface area contributed by atoms with Crippen molar-refractivity contribution in [2.45, 2.75) is 81.7 Å². The SMILES string of the molecule is Cl.N[C@@H]1C[C@@H](F)CN(c2nn3cccnc3c2C(=O)Nc2cn(C3CCC(CCN4CCN(c5ccc(C6CCC(=O)NC6=O)cc5)CC4)CC3)nc2C(F)(F)F)C1. The van der Waals surface area contributed by atoms with E-state index < -0.39 is 35.7 Å². The molecule has 3 saturated heterocycles. The van der Waals surface area contributed by atoms with Gasteiger partial charge in [0.2, 0.25) is 11.8 Å². The number of anilines is 3. The lowest BCUT2D eigenvalue weighted by Crippen LogP contribution is -2.48. The van der Waals surface area contributed by atoms with Crippen LogP contribution in [-0.4, -0.2) is 105 Å². The van der Waals surface area contributed by atoms with E-state index in [1.54, 1.807) is 17.2 Å². The summed E-state index contributed by atoms with van der Waals surface area (Å²) in [6, 6.07) is 8.91. The fraction of sp³-hybridized carbons (Fsp3) is 0.538. The van der Waals surface area contributed by atoms with Crippen molar-refractivity contribution in [2.24, 2.45) is 11.7 Å². The van der Waals surface area contributed by atoms with Gasteiger partial charge in [-0.1, -0.05) is 12.1 Å². The summed E-state index contributed by atoms with van der Waals surface area (Å²) in [6.45, 7) is 4.70. The fourth-order valence-electron chi connectivity index (χ4n) is 8.83. The van der Waals surface area contributed by atoms with Gasteiger partial charge in [-0.25, -0.2) is 13.9 Å². The number of carbonyl (C=O) groups is 3. The molecular weight excluding hydrogens is 782 g/mol. The summed E-state index contributed by atoms with van der Waals surface area (Å²) >= 11 is 0. The van der Waals surface area contributed by atoms with E-state index in [9.17, 15) is 31.9 Å². The van der Waals surface area contributed by atoms with Gasteiger partial charge in [-0.3, -0.25) is 29.3 Å². The van der Waals surface area contributed by atoms with Crippen molar-refractivity contribution >= 4 is 53.0 Å². The number of halogens is 5. The Kier molecular flexibility index (Phi) is 12.3. The number of amides is 3. The van der Waals surface area contributed by atoms with E-state index in [1.165, 1.54) is 21.6 Å². The minimum absolute atomic E-state index is 0. The van der Waals surface area contributed by atoms with Crippen LogP contribution in [-0.2, 0) is 15.8 Å². The number of nitrogens with two attached hydrogens (primary N) is 1. The summed E-state index contributed by atoms with van der Waals surface area (Å²) in [7, 11) is 0. The van der Waals surface area contributed by atoms with Gasteiger partial charge in [-0.05, 0) is 81.2 Å². The number of hydrogen-bond donors (Lipinski definition) is 3. The van der Waals surface area contributed by atoms with Crippen molar-refractivity contribution < 1.29 is 31.9 Å². The van der Waals surface area contributed by atoms with Gasteiger partial charge in [0, 0.05) is 69.5 Å². The van der Waals surface area contributed by atoms with Crippen LogP contribution >= 0.6 is 12.4 Å². The monoisotopic (exact) mass is 829 g/mol. The quantitative estimate of drug-likeness (QED) is 0.156. The minimum atomic E-state index is -4.82. The van der Waals surface area contributed by atoms with E-state index in [0.29, 0.717) is 31.6 Å². The molecule has 1 saturated carbocycles. The number of benzene rings is 1. The molecule has 58 heavy (non-hydrogen) atoms.